The maximum absolute atomic E-state index is 8.70. The van der Waals surface area contributed by atoms with Crippen molar-refractivity contribution in [1.29, 1.82) is 5.26 Å². The van der Waals surface area contributed by atoms with Crippen LogP contribution >= 0.6 is 22.9 Å². The fourth-order valence-electron chi connectivity index (χ4n) is 0.993. The van der Waals surface area contributed by atoms with Crippen molar-refractivity contribution in [2.24, 2.45) is 0 Å². The summed E-state index contributed by atoms with van der Waals surface area (Å²) in [6.07, 6.45) is 3.29. The number of nitriles is 1. The van der Waals surface area contributed by atoms with E-state index in [1.807, 2.05) is 6.07 Å². The van der Waals surface area contributed by atoms with Crippen LogP contribution in [0.1, 0.15) is 10.8 Å². The zero-order valence-electron chi connectivity index (χ0n) is 6.88. The molecule has 2 aromatic rings. The molecule has 0 unspecified atom stereocenters. The van der Waals surface area contributed by atoms with E-state index in [1.54, 1.807) is 17.0 Å². The Morgan fingerprint density at radius 1 is 1.57 bits per heavy atom. The number of halogens is 1. The first-order valence-electron chi connectivity index (χ1n) is 3.68. The van der Waals surface area contributed by atoms with Gasteiger partial charge in [0.25, 0.3) is 0 Å². The van der Waals surface area contributed by atoms with Crippen molar-refractivity contribution in [2.45, 2.75) is 6.54 Å². The molecule has 2 aromatic heterocycles. The highest BCUT2D eigenvalue weighted by molar-refractivity contribution is 7.15. The molecule has 0 spiro atoms. The third-order valence-electron chi connectivity index (χ3n) is 1.56. The van der Waals surface area contributed by atoms with E-state index >= 15 is 0 Å². The Morgan fingerprint density at radius 2 is 2.43 bits per heavy atom. The lowest BCUT2D eigenvalue weighted by atomic mass is 10.6. The number of rotatable bonds is 2. The van der Waals surface area contributed by atoms with Crippen LogP contribution in [0, 0.1) is 11.3 Å². The van der Waals surface area contributed by atoms with Gasteiger partial charge in [-0.15, -0.1) is 10.2 Å². The van der Waals surface area contributed by atoms with Gasteiger partial charge in [0.05, 0.1) is 6.54 Å². The second-order valence-electron chi connectivity index (χ2n) is 2.44. The first-order valence-corrected chi connectivity index (χ1v) is 4.88. The minimum Gasteiger partial charge on any atom is -0.316 e. The summed E-state index contributed by atoms with van der Waals surface area (Å²) < 4.78 is 2.09. The molecule has 0 fully saturated rings. The van der Waals surface area contributed by atoms with Crippen LogP contribution in [0.15, 0.2) is 12.4 Å². The Labute approximate surface area is 88.6 Å². The van der Waals surface area contributed by atoms with Crippen LogP contribution in [0.25, 0.3) is 0 Å². The van der Waals surface area contributed by atoms with Gasteiger partial charge in [0.2, 0.25) is 10.3 Å². The number of hydrogen-bond donors (Lipinski definition) is 0. The second-order valence-corrected chi connectivity index (χ2v) is 4.08. The SMILES string of the molecule is N#Cc1nccn1Cc1nnc(Cl)s1. The van der Waals surface area contributed by atoms with E-state index in [2.05, 4.69) is 15.2 Å². The zero-order valence-corrected chi connectivity index (χ0v) is 8.46. The van der Waals surface area contributed by atoms with Crippen molar-refractivity contribution in [2.75, 3.05) is 0 Å². The topological polar surface area (TPSA) is 67.4 Å². The van der Waals surface area contributed by atoms with E-state index in [1.165, 1.54) is 11.3 Å². The molecule has 14 heavy (non-hydrogen) atoms. The fraction of sp³-hybridized carbons (Fsp3) is 0.143. The summed E-state index contributed by atoms with van der Waals surface area (Å²) in [5, 5.41) is 17.0. The molecule has 0 aliphatic heterocycles. The van der Waals surface area contributed by atoms with E-state index < -0.39 is 0 Å². The summed E-state index contributed by atoms with van der Waals surface area (Å²) in [5.41, 5.74) is 0. The Hall–Kier alpha value is -1.45. The first kappa shape index (κ1) is 9.12. The minimum atomic E-state index is 0.358. The summed E-state index contributed by atoms with van der Waals surface area (Å²) in [7, 11) is 0. The van der Waals surface area contributed by atoms with Crippen LogP contribution in [0.5, 0.6) is 0 Å². The standard InChI is InChI=1S/C7H4ClN5S/c8-7-12-11-6(14-7)4-13-2-1-10-5(13)3-9/h1-2H,4H2. The van der Waals surface area contributed by atoms with Gasteiger partial charge < -0.3 is 4.57 Å². The van der Waals surface area contributed by atoms with Crippen LogP contribution < -0.4 is 0 Å². The predicted molar refractivity (Wildman–Crippen MR) is 51.0 cm³/mol. The molecule has 2 rings (SSSR count). The van der Waals surface area contributed by atoms with E-state index in [0.717, 1.165) is 5.01 Å². The molecule has 0 aliphatic carbocycles. The van der Waals surface area contributed by atoms with Gasteiger partial charge in [-0.3, -0.25) is 0 Å². The van der Waals surface area contributed by atoms with Gasteiger partial charge in [-0.25, -0.2) is 4.98 Å². The van der Waals surface area contributed by atoms with E-state index in [0.29, 0.717) is 16.8 Å². The molecular formula is C7H4ClN5S. The van der Waals surface area contributed by atoms with Crippen molar-refractivity contribution < 1.29 is 0 Å². The average molecular weight is 226 g/mol. The Balaban J connectivity index is 2.23. The quantitative estimate of drug-likeness (QED) is 0.773. The summed E-state index contributed by atoms with van der Waals surface area (Å²) >= 11 is 6.92. The normalized spacial score (nSPS) is 10.0. The molecule has 70 valence electrons. The third kappa shape index (κ3) is 1.73. The molecule has 7 heteroatoms. The van der Waals surface area contributed by atoms with Gasteiger partial charge in [-0.1, -0.05) is 11.3 Å². The highest BCUT2D eigenvalue weighted by atomic mass is 35.5. The second kappa shape index (κ2) is 3.74. The monoisotopic (exact) mass is 225 g/mol. The molecule has 0 aromatic carbocycles. The van der Waals surface area contributed by atoms with Crippen molar-refractivity contribution in [3.63, 3.8) is 0 Å². The van der Waals surface area contributed by atoms with Gasteiger partial charge in [-0.05, 0) is 11.6 Å². The highest BCUT2D eigenvalue weighted by Crippen LogP contribution is 2.16. The maximum Gasteiger partial charge on any atom is 0.213 e. The van der Waals surface area contributed by atoms with Crippen LogP contribution in [0.4, 0.5) is 0 Å². The van der Waals surface area contributed by atoms with Gasteiger partial charge >= 0.3 is 0 Å². The van der Waals surface area contributed by atoms with Crippen LogP contribution in [0.3, 0.4) is 0 Å². The number of aromatic nitrogens is 4. The summed E-state index contributed by atoms with van der Waals surface area (Å²) in [5.74, 6) is 0.358. The van der Waals surface area contributed by atoms with E-state index in [-0.39, 0.29) is 0 Å². The summed E-state index contributed by atoms with van der Waals surface area (Å²) in [6, 6.07) is 1.98. The van der Waals surface area contributed by atoms with Gasteiger partial charge in [0, 0.05) is 12.4 Å². The average Bonchev–Trinajstić information content (AvgIpc) is 2.76. The molecular weight excluding hydrogens is 222 g/mol. The third-order valence-corrected chi connectivity index (χ3v) is 2.57. The Morgan fingerprint density at radius 3 is 3.07 bits per heavy atom. The zero-order chi connectivity index (χ0) is 9.97. The molecule has 0 amide bonds. The molecule has 0 radical (unpaired) electrons. The lowest BCUT2D eigenvalue weighted by molar-refractivity contribution is 0.764. The number of hydrogen-bond acceptors (Lipinski definition) is 5. The van der Waals surface area contributed by atoms with Crippen molar-refractivity contribution in [1.82, 2.24) is 19.7 Å². The van der Waals surface area contributed by atoms with Crippen molar-refractivity contribution >= 4 is 22.9 Å². The Kier molecular flexibility index (Phi) is 2.43. The van der Waals surface area contributed by atoms with Crippen LogP contribution in [-0.2, 0) is 6.54 Å². The number of imidazole rings is 1. The molecule has 0 saturated carbocycles. The molecule has 2 heterocycles. The number of nitrogens with zero attached hydrogens (tertiary/aromatic N) is 5. The first-order chi connectivity index (χ1) is 6.79. The van der Waals surface area contributed by atoms with Crippen LogP contribution in [0.2, 0.25) is 4.47 Å². The van der Waals surface area contributed by atoms with Crippen LogP contribution in [-0.4, -0.2) is 19.7 Å². The molecule has 0 aliphatic rings. The lowest BCUT2D eigenvalue weighted by Gasteiger charge is -1.97. The van der Waals surface area contributed by atoms with Gasteiger partial charge in [0.1, 0.15) is 11.1 Å². The van der Waals surface area contributed by atoms with E-state index in [9.17, 15) is 0 Å². The predicted octanol–water partition coefficient (Wildman–Crippen LogP) is 1.31. The smallest absolute Gasteiger partial charge is 0.213 e. The molecule has 0 N–H and O–H groups in total. The lowest BCUT2D eigenvalue weighted by Crippen LogP contribution is -2.00. The van der Waals surface area contributed by atoms with Crippen molar-refractivity contribution in [3.05, 3.63) is 27.7 Å². The molecule has 0 atom stereocenters. The fourth-order valence-corrected chi connectivity index (χ4v) is 1.86. The maximum atomic E-state index is 8.70. The largest absolute Gasteiger partial charge is 0.316 e. The molecule has 5 nitrogen and oxygen atoms in total. The van der Waals surface area contributed by atoms with Gasteiger partial charge in [-0.2, -0.15) is 5.26 Å². The summed E-state index contributed by atoms with van der Waals surface area (Å²) in [6.45, 7) is 0.479. The molecule has 0 bridgehead atoms. The minimum absolute atomic E-state index is 0.358. The van der Waals surface area contributed by atoms with Crippen molar-refractivity contribution in [3.8, 4) is 6.07 Å². The van der Waals surface area contributed by atoms with Gasteiger partial charge in [0.15, 0.2) is 0 Å². The summed E-state index contributed by atoms with van der Waals surface area (Å²) in [4.78, 5) is 3.86. The van der Waals surface area contributed by atoms with E-state index in [4.69, 9.17) is 16.9 Å². The Bertz CT molecular complexity index is 482. The molecule has 0 saturated heterocycles. The highest BCUT2D eigenvalue weighted by Gasteiger charge is 2.06.